The minimum absolute atomic E-state index is 0.223. The molecule has 1 atom stereocenters. The Morgan fingerprint density at radius 1 is 1.11 bits per heavy atom. The Balaban J connectivity index is 1.80. The average molecular weight is 498 g/mol. The molecule has 0 unspecified atom stereocenters. The lowest BCUT2D eigenvalue weighted by Crippen LogP contribution is -2.45. The minimum Gasteiger partial charge on any atom is -0.444 e. The third-order valence-corrected chi connectivity index (χ3v) is 5.93. The van der Waals surface area contributed by atoms with Gasteiger partial charge in [-0.05, 0) is 69.4 Å². The van der Waals surface area contributed by atoms with Crippen molar-refractivity contribution in [2.45, 2.75) is 52.2 Å². The number of esters is 1. The maximum absolute atomic E-state index is 12.9. The van der Waals surface area contributed by atoms with Crippen molar-refractivity contribution in [3.8, 4) is 5.75 Å². The number of alkyl carbamates (subject to hydrolysis) is 1. The fourth-order valence-electron chi connectivity index (χ4n) is 3.56. The predicted molar refractivity (Wildman–Crippen MR) is 138 cm³/mol. The Labute approximate surface area is 209 Å². The Hall–Kier alpha value is -3.26. The predicted octanol–water partition coefficient (Wildman–Crippen LogP) is 5.24. The number of nitrogens with one attached hydrogen (secondary N) is 1. The molecule has 2 aromatic carbocycles. The van der Waals surface area contributed by atoms with Crippen LogP contribution < -0.4 is 15.7 Å². The van der Waals surface area contributed by atoms with Crippen LogP contribution in [0.4, 0.5) is 4.79 Å². The number of amides is 1. The van der Waals surface area contributed by atoms with Gasteiger partial charge in [0.15, 0.2) is 0 Å². The number of carbonyl (C=O) groups is 2. The number of benzene rings is 2. The molecule has 0 bridgehead atoms. The summed E-state index contributed by atoms with van der Waals surface area (Å²) in [5.74, 6) is 0.246. The summed E-state index contributed by atoms with van der Waals surface area (Å²) in [5, 5.41) is 3.36. The molecule has 3 rings (SSSR count). The van der Waals surface area contributed by atoms with Gasteiger partial charge in [0.05, 0.1) is 0 Å². The molecule has 0 saturated heterocycles. The number of fused-ring (bicyclic) bond motifs is 1. The standard InChI is InChI=1S/C27H31NO6S/c1-17-20-12-11-19(16-23(20)33-24(29)21(17)15-18-9-7-6-8-10-18)32-25(30)22(13-14-35-5)28-26(31)34-27(2,3)4/h6-12,16,22H,13-15H2,1-5H3,(H,28,31)/t22-/m1/s1. The number of thioether (sulfide) groups is 1. The molecule has 7 nitrogen and oxygen atoms in total. The SMILES string of the molecule is CSCC[C@@H](NC(=O)OC(C)(C)C)C(=O)Oc1ccc2c(C)c(Cc3ccccc3)c(=O)oc2c1. The summed E-state index contributed by atoms with van der Waals surface area (Å²) in [6, 6.07) is 13.8. The number of rotatable bonds is 8. The molecule has 1 heterocycles. The van der Waals surface area contributed by atoms with E-state index in [9.17, 15) is 14.4 Å². The van der Waals surface area contributed by atoms with E-state index in [0.29, 0.717) is 29.7 Å². The van der Waals surface area contributed by atoms with Crippen molar-refractivity contribution in [3.05, 3.63) is 75.6 Å². The van der Waals surface area contributed by atoms with Crippen LogP contribution in [0.1, 0.15) is 43.9 Å². The molecular formula is C27H31NO6S. The maximum atomic E-state index is 12.9. The summed E-state index contributed by atoms with van der Waals surface area (Å²) in [6.45, 7) is 7.13. The Morgan fingerprint density at radius 3 is 2.49 bits per heavy atom. The molecule has 0 spiro atoms. The van der Waals surface area contributed by atoms with Crippen LogP contribution in [0, 0.1) is 6.92 Å². The van der Waals surface area contributed by atoms with Gasteiger partial charge in [-0.25, -0.2) is 14.4 Å². The zero-order valence-corrected chi connectivity index (χ0v) is 21.5. The molecule has 0 fully saturated rings. The van der Waals surface area contributed by atoms with Gasteiger partial charge >= 0.3 is 17.7 Å². The summed E-state index contributed by atoms with van der Waals surface area (Å²) < 4.78 is 16.4. The van der Waals surface area contributed by atoms with Gasteiger partial charge in [-0.2, -0.15) is 11.8 Å². The second kappa shape index (κ2) is 11.4. The van der Waals surface area contributed by atoms with Crippen molar-refractivity contribution in [1.82, 2.24) is 5.32 Å². The number of hydrogen-bond donors (Lipinski definition) is 1. The van der Waals surface area contributed by atoms with E-state index in [1.54, 1.807) is 44.7 Å². The van der Waals surface area contributed by atoms with Crippen LogP contribution in [0.3, 0.4) is 0 Å². The van der Waals surface area contributed by atoms with Gasteiger partial charge in [-0.3, -0.25) is 0 Å². The number of ether oxygens (including phenoxy) is 2. The second-order valence-corrected chi connectivity index (χ2v) is 10.2. The quantitative estimate of drug-likeness (QED) is 0.258. The molecule has 1 aromatic heterocycles. The summed E-state index contributed by atoms with van der Waals surface area (Å²) in [7, 11) is 0. The highest BCUT2D eigenvalue weighted by Gasteiger charge is 2.26. The van der Waals surface area contributed by atoms with Crippen molar-refractivity contribution in [2.75, 3.05) is 12.0 Å². The molecule has 0 radical (unpaired) electrons. The highest BCUT2D eigenvalue weighted by atomic mass is 32.2. The van der Waals surface area contributed by atoms with E-state index < -0.39 is 29.3 Å². The first-order valence-electron chi connectivity index (χ1n) is 11.4. The summed E-state index contributed by atoms with van der Waals surface area (Å²) in [5.41, 5.74) is 1.64. The number of aryl methyl sites for hydroxylation is 1. The Bertz CT molecular complexity index is 1250. The first-order valence-corrected chi connectivity index (χ1v) is 12.8. The highest BCUT2D eigenvalue weighted by Crippen LogP contribution is 2.25. The summed E-state index contributed by atoms with van der Waals surface area (Å²) in [6.07, 6.45) is 2.07. The maximum Gasteiger partial charge on any atom is 0.408 e. The molecule has 186 valence electrons. The monoisotopic (exact) mass is 497 g/mol. The fraction of sp³-hybridized carbons (Fsp3) is 0.370. The van der Waals surface area contributed by atoms with Crippen LogP contribution in [0.5, 0.6) is 5.75 Å². The van der Waals surface area contributed by atoms with Gasteiger partial charge in [0.2, 0.25) is 0 Å². The fourth-order valence-corrected chi connectivity index (χ4v) is 4.04. The van der Waals surface area contributed by atoms with E-state index in [-0.39, 0.29) is 5.75 Å². The van der Waals surface area contributed by atoms with Crippen LogP contribution >= 0.6 is 11.8 Å². The van der Waals surface area contributed by atoms with Gasteiger partial charge < -0.3 is 19.2 Å². The van der Waals surface area contributed by atoms with Gasteiger partial charge in [0, 0.05) is 23.4 Å². The molecule has 1 amide bonds. The number of hydrogen-bond acceptors (Lipinski definition) is 7. The lowest BCUT2D eigenvalue weighted by molar-refractivity contribution is -0.136. The van der Waals surface area contributed by atoms with Crippen LogP contribution in [-0.2, 0) is 16.0 Å². The van der Waals surface area contributed by atoms with E-state index in [1.807, 2.05) is 43.5 Å². The first-order chi connectivity index (χ1) is 16.6. The van der Waals surface area contributed by atoms with Crippen molar-refractivity contribution < 1.29 is 23.5 Å². The topological polar surface area (TPSA) is 94.8 Å². The van der Waals surface area contributed by atoms with Crippen LogP contribution in [0.25, 0.3) is 11.0 Å². The highest BCUT2D eigenvalue weighted by molar-refractivity contribution is 7.98. The molecule has 0 aliphatic carbocycles. The van der Waals surface area contributed by atoms with E-state index in [2.05, 4.69) is 5.32 Å². The zero-order chi connectivity index (χ0) is 25.6. The smallest absolute Gasteiger partial charge is 0.408 e. The molecular weight excluding hydrogens is 466 g/mol. The number of carbonyl (C=O) groups excluding carboxylic acids is 2. The average Bonchev–Trinajstić information content (AvgIpc) is 2.78. The van der Waals surface area contributed by atoms with E-state index in [4.69, 9.17) is 13.9 Å². The zero-order valence-electron chi connectivity index (χ0n) is 20.7. The van der Waals surface area contributed by atoms with Gasteiger partial charge in [-0.15, -0.1) is 0 Å². The molecule has 0 saturated carbocycles. The van der Waals surface area contributed by atoms with Crippen LogP contribution in [0.15, 0.2) is 57.7 Å². The minimum atomic E-state index is -0.880. The van der Waals surface area contributed by atoms with E-state index in [0.717, 1.165) is 16.5 Å². The molecule has 0 aliphatic rings. The third-order valence-electron chi connectivity index (χ3n) is 5.29. The second-order valence-electron chi connectivity index (χ2n) is 9.21. The summed E-state index contributed by atoms with van der Waals surface area (Å²) >= 11 is 1.55. The van der Waals surface area contributed by atoms with Crippen molar-refractivity contribution in [2.24, 2.45) is 0 Å². The van der Waals surface area contributed by atoms with Crippen LogP contribution in [0.2, 0.25) is 0 Å². The first kappa shape index (κ1) is 26.3. The molecule has 1 N–H and O–H groups in total. The van der Waals surface area contributed by atoms with Crippen molar-refractivity contribution in [3.63, 3.8) is 0 Å². The largest absolute Gasteiger partial charge is 0.444 e. The molecule has 8 heteroatoms. The lowest BCUT2D eigenvalue weighted by Gasteiger charge is -2.22. The lowest BCUT2D eigenvalue weighted by atomic mass is 10.00. The third kappa shape index (κ3) is 7.36. The van der Waals surface area contributed by atoms with Gasteiger partial charge in [-0.1, -0.05) is 30.3 Å². The molecule has 3 aromatic rings. The van der Waals surface area contributed by atoms with Gasteiger partial charge in [0.1, 0.15) is 23.0 Å². The van der Waals surface area contributed by atoms with Gasteiger partial charge in [0.25, 0.3) is 0 Å². The Kier molecular flexibility index (Phi) is 8.62. The van der Waals surface area contributed by atoms with Crippen molar-refractivity contribution >= 4 is 34.8 Å². The Morgan fingerprint density at radius 2 is 1.83 bits per heavy atom. The van der Waals surface area contributed by atoms with E-state index >= 15 is 0 Å². The molecule has 0 aliphatic heterocycles. The normalized spacial score (nSPS) is 12.3. The van der Waals surface area contributed by atoms with Crippen LogP contribution in [-0.4, -0.2) is 35.7 Å². The van der Waals surface area contributed by atoms with Crippen molar-refractivity contribution in [1.29, 1.82) is 0 Å². The van der Waals surface area contributed by atoms with E-state index in [1.165, 1.54) is 6.07 Å². The molecule has 35 heavy (non-hydrogen) atoms. The summed E-state index contributed by atoms with van der Waals surface area (Å²) in [4.78, 5) is 37.8.